The van der Waals surface area contributed by atoms with E-state index < -0.39 is 0 Å². The Morgan fingerprint density at radius 2 is 1.68 bits per heavy atom. The van der Waals surface area contributed by atoms with Gasteiger partial charge in [-0.05, 0) is 35.0 Å². The molecule has 3 aromatic carbocycles. The zero-order valence-corrected chi connectivity index (χ0v) is 12.3. The number of nitrogens with zero attached hydrogens (tertiary/aromatic N) is 1. The van der Waals surface area contributed by atoms with Crippen molar-refractivity contribution in [2.75, 3.05) is 5.32 Å². The Kier molecular flexibility index (Phi) is 3.97. The number of hydrogen-bond acceptors (Lipinski definition) is 2. The van der Waals surface area contributed by atoms with E-state index in [0.29, 0.717) is 0 Å². The molecule has 0 bridgehead atoms. The van der Waals surface area contributed by atoms with Gasteiger partial charge in [0, 0.05) is 24.4 Å². The maximum absolute atomic E-state index is 11.0. The quantitative estimate of drug-likeness (QED) is 0.706. The predicted octanol–water partition coefficient (Wildman–Crippen LogP) is 4.55. The number of rotatable bonds is 3. The molecule has 0 saturated carbocycles. The SMILES string of the molecule is CC(=O)Nc1ccc(N=Cc2cccc3ccccc23)cc1. The van der Waals surface area contributed by atoms with Crippen LogP contribution in [0.1, 0.15) is 12.5 Å². The van der Waals surface area contributed by atoms with Gasteiger partial charge in [-0.15, -0.1) is 0 Å². The van der Waals surface area contributed by atoms with Gasteiger partial charge in [0.25, 0.3) is 0 Å². The fraction of sp³-hybridized carbons (Fsp3) is 0.0526. The summed E-state index contributed by atoms with van der Waals surface area (Å²) in [5.74, 6) is -0.0768. The lowest BCUT2D eigenvalue weighted by molar-refractivity contribution is -0.114. The number of nitrogens with one attached hydrogen (secondary N) is 1. The highest BCUT2D eigenvalue weighted by Gasteiger charge is 1.98. The van der Waals surface area contributed by atoms with Gasteiger partial charge in [0.05, 0.1) is 5.69 Å². The number of anilines is 1. The summed E-state index contributed by atoms with van der Waals surface area (Å²) in [7, 11) is 0. The van der Waals surface area contributed by atoms with E-state index in [-0.39, 0.29) is 5.91 Å². The Labute approximate surface area is 129 Å². The van der Waals surface area contributed by atoms with Crippen LogP contribution in [0.15, 0.2) is 71.7 Å². The predicted molar refractivity (Wildman–Crippen MR) is 91.9 cm³/mol. The number of carbonyl (C=O) groups excluding carboxylic acids is 1. The summed E-state index contributed by atoms with van der Waals surface area (Å²) in [4.78, 5) is 15.5. The summed E-state index contributed by atoms with van der Waals surface area (Å²) in [6.07, 6.45) is 1.87. The molecule has 1 N–H and O–H groups in total. The zero-order valence-electron chi connectivity index (χ0n) is 12.3. The molecule has 0 spiro atoms. The Bertz CT molecular complexity index is 830. The molecule has 22 heavy (non-hydrogen) atoms. The molecular weight excluding hydrogens is 272 g/mol. The van der Waals surface area contributed by atoms with Crippen molar-refractivity contribution in [3.8, 4) is 0 Å². The standard InChI is InChI=1S/C19H16N2O/c1-14(22)21-18-11-9-17(10-12-18)20-13-16-7-4-6-15-5-2-3-8-19(15)16/h2-13H,1H3,(H,21,22). The van der Waals surface area contributed by atoms with Crippen LogP contribution in [0.25, 0.3) is 10.8 Å². The molecule has 1 amide bonds. The summed E-state index contributed by atoms with van der Waals surface area (Å²) in [6.45, 7) is 1.49. The van der Waals surface area contributed by atoms with Gasteiger partial charge in [-0.2, -0.15) is 0 Å². The van der Waals surface area contributed by atoms with Gasteiger partial charge in [0.1, 0.15) is 0 Å². The third-order valence-electron chi connectivity index (χ3n) is 3.36. The van der Waals surface area contributed by atoms with Crippen molar-refractivity contribution < 1.29 is 4.79 Å². The van der Waals surface area contributed by atoms with Crippen molar-refractivity contribution in [3.05, 3.63) is 72.3 Å². The van der Waals surface area contributed by atoms with E-state index in [0.717, 1.165) is 16.9 Å². The first-order valence-electron chi connectivity index (χ1n) is 7.12. The number of fused-ring (bicyclic) bond motifs is 1. The lowest BCUT2D eigenvalue weighted by Crippen LogP contribution is -2.04. The molecule has 0 aliphatic rings. The summed E-state index contributed by atoms with van der Waals surface area (Å²) in [5.41, 5.74) is 2.71. The maximum Gasteiger partial charge on any atom is 0.221 e. The topological polar surface area (TPSA) is 41.5 Å². The van der Waals surface area contributed by atoms with E-state index in [1.54, 1.807) is 0 Å². The smallest absolute Gasteiger partial charge is 0.221 e. The minimum Gasteiger partial charge on any atom is -0.326 e. The molecule has 3 heteroatoms. The van der Waals surface area contributed by atoms with Crippen LogP contribution >= 0.6 is 0 Å². The van der Waals surface area contributed by atoms with E-state index >= 15 is 0 Å². The monoisotopic (exact) mass is 288 g/mol. The Hall–Kier alpha value is -2.94. The summed E-state index contributed by atoms with van der Waals surface area (Å²) in [5, 5.41) is 5.12. The molecule has 3 aromatic rings. The normalized spacial score (nSPS) is 11.0. The molecule has 0 aliphatic carbocycles. The number of carbonyl (C=O) groups is 1. The van der Waals surface area contributed by atoms with E-state index in [4.69, 9.17) is 0 Å². The van der Waals surface area contributed by atoms with Crippen LogP contribution in [0.5, 0.6) is 0 Å². The van der Waals surface area contributed by atoms with Crippen LogP contribution in [0.4, 0.5) is 11.4 Å². The molecule has 108 valence electrons. The van der Waals surface area contributed by atoms with Crippen LogP contribution in [0.2, 0.25) is 0 Å². The first-order valence-corrected chi connectivity index (χ1v) is 7.12. The average molecular weight is 288 g/mol. The second-order valence-electron chi connectivity index (χ2n) is 5.05. The number of aliphatic imine (C=N–C) groups is 1. The number of benzene rings is 3. The van der Waals surface area contributed by atoms with Crippen LogP contribution in [-0.4, -0.2) is 12.1 Å². The fourth-order valence-corrected chi connectivity index (χ4v) is 2.34. The molecule has 0 fully saturated rings. The van der Waals surface area contributed by atoms with Gasteiger partial charge < -0.3 is 5.32 Å². The van der Waals surface area contributed by atoms with Crippen molar-refractivity contribution in [2.45, 2.75) is 6.92 Å². The molecule has 0 radical (unpaired) electrons. The van der Waals surface area contributed by atoms with Gasteiger partial charge in [-0.25, -0.2) is 0 Å². The third kappa shape index (κ3) is 3.20. The summed E-state index contributed by atoms with van der Waals surface area (Å²) >= 11 is 0. The van der Waals surface area contributed by atoms with Crippen LogP contribution in [0, 0.1) is 0 Å². The Morgan fingerprint density at radius 1 is 0.955 bits per heavy atom. The highest BCUT2D eigenvalue weighted by molar-refractivity contribution is 6.00. The molecule has 3 nitrogen and oxygen atoms in total. The Balaban J connectivity index is 1.85. The molecule has 3 rings (SSSR count). The minimum atomic E-state index is -0.0768. The van der Waals surface area contributed by atoms with E-state index in [2.05, 4.69) is 34.6 Å². The summed E-state index contributed by atoms with van der Waals surface area (Å²) < 4.78 is 0. The molecule has 0 unspecified atom stereocenters. The fourth-order valence-electron chi connectivity index (χ4n) is 2.34. The van der Waals surface area contributed by atoms with Gasteiger partial charge in [-0.1, -0.05) is 42.5 Å². The largest absolute Gasteiger partial charge is 0.326 e. The molecule has 0 heterocycles. The van der Waals surface area contributed by atoms with Crippen molar-refractivity contribution in [3.63, 3.8) is 0 Å². The van der Waals surface area contributed by atoms with Crippen molar-refractivity contribution in [1.29, 1.82) is 0 Å². The molecule has 0 aromatic heterocycles. The lowest BCUT2D eigenvalue weighted by Gasteiger charge is -2.03. The van der Waals surface area contributed by atoms with Crippen LogP contribution < -0.4 is 5.32 Å². The van der Waals surface area contributed by atoms with Gasteiger partial charge >= 0.3 is 0 Å². The summed E-state index contributed by atoms with van der Waals surface area (Å²) in [6, 6.07) is 21.9. The number of amides is 1. The second-order valence-corrected chi connectivity index (χ2v) is 5.05. The molecule has 0 atom stereocenters. The van der Waals surface area contributed by atoms with Gasteiger partial charge in [-0.3, -0.25) is 9.79 Å². The van der Waals surface area contributed by atoms with E-state index in [1.807, 2.05) is 48.7 Å². The van der Waals surface area contributed by atoms with Gasteiger partial charge in [0.2, 0.25) is 5.91 Å². The van der Waals surface area contributed by atoms with E-state index in [9.17, 15) is 4.79 Å². The van der Waals surface area contributed by atoms with Crippen molar-refractivity contribution in [2.24, 2.45) is 4.99 Å². The van der Waals surface area contributed by atoms with E-state index in [1.165, 1.54) is 17.7 Å². The maximum atomic E-state index is 11.0. The van der Waals surface area contributed by atoms with Crippen LogP contribution in [0.3, 0.4) is 0 Å². The van der Waals surface area contributed by atoms with Gasteiger partial charge in [0.15, 0.2) is 0 Å². The first-order chi connectivity index (χ1) is 10.7. The zero-order chi connectivity index (χ0) is 15.4. The first kappa shape index (κ1) is 14.0. The Morgan fingerprint density at radius 3 is 2.45 bits per heavy atom. The highest BCUT2D eigenvalue weighted by atomic mass is 16.1. The van der Waals surface area contributed by atoms with Crippen molar-refractivity contribution >= 4 is 34.3 Å². The van der Waals surface area contributed by atoms with Crippen molar-refractivity contribution in [1.82, 2.24) is 0 Å². The third-order valence-corrected chi connectivity index (χ3v) is 3.36. The number of hydrogen-bond donors (Lipinski definition) is 1. The average Bonchev–Trinajstić information content (AvgIpc) is 2.54. The highest BCUT2D eigenvalue weighted by Crippen LogP contribution is 2.19. The second kappa shape index (κ2) is 6.22. The molecule has 0 aliphatic heterocycles. The lowest BCUT2D eigenvalue weighted by atomic mass is 10.1. The minimum absolute atomic E-state index is 0.0768. The van der Waals surface area contributed by atoms with Crippen LogP contribution in [-0.2, 0) is 4.79 Å². The molecule has 0 saturated heterocycles. The molecular formula is C19H16N2O.